The van der Waals surface area contributed by atoms with E-state index in [1.807, 2.05) is 25.1 Å². The van der Waals surface area contributed by atoms with E-state index in [1.54, 1.807) is 12.1 Å². The monoisotopic (exact) mass is 344 g/mol. The summed E-state index contributed by atoms with van der Waals surface area (Å²) >= 11 is 3.50. The Morgan fingerprint density at radius 1 is 1.19 bits per heavy atom. The van der Waals surface area contributed by atoms with Crippen molar-refractivity contribution in [3.05, 3.63) is 46.4 Å². The maximum atomic E-state index is 9.60. The summed E-state index contributed by atoms with van der Waals surface area (Å²) in [7, 11) is 0. The van der Waals surface area contributed by atoms with Gasteiger partial charge in [0.15, 0.2) is 0 Å². The first-order valence-electron chi connectivity index (χ1n) is 7.06. The standard InChI is InChI=1S/C17H17BrN2O/c1-3-8-20-16-7-4-12(18)10-15(16)19-17(20)14-6-5-13(21)9-11(14)2/h4-7,9-10,21H,3,8H2,1-2H3. The van der Waals surface area contributed by atoms with E-state index in [-0.39, 0.29) is 5.75 Å². The quantitative estimate of drug-likeness (QED) is 0.734. The van der Waals surface area contributed by atoms with Crippen LogP contribution in [0.2, 0.25) is 0 Å². The molecule has 108 valence electrons. The molecule has 3 aromatic rings. The Kier molecular flexibility index (Phi) is 3.72. The summed E-state index contributed by atoms with van der Waals surface area (Å²) in [6, 6.07) is 11.6. The number of hydrogen-bond acceptors (Lipinski definition) is 2. The van der Waals surface area contributed by atoms with Crippen LogP contribution in [0.5, 0.6) is 5.75 Å². The van der Waals surface area contributed by atoms with Crippen molar-refractivity contribution in [2.45, 2.75) is 26.8 Å². The minimum atomic E-state index is 0.289. The molecule has 0 atom stereocenters. The van der Waals surface area contributed by atoms with Crippen LogP contribution in [0.3, 0.4) is 0 Å². The SMILES string of the molecule is CCCn1c(-c2ccc(O)cc2C)nc2cc(Br)ccc21. The highest BCUT2D eigenvalue weighted by molar-refractivity contribution is 9.10. The van der Waals surface area contributed by atoms with Gasteiger partial charge in [-0.25, -0.2) is 4.98 Å². The van der Waals surface area contributed by atoms with Gasteiger partial charge in [-0.1, -0.05) is 22.9 Å². The van der Waals surface area contributed by atoms with E-state index in [4.69, 9.17) is 4.98 Å². The molecule has 21 heavy (non-hydrogen) atoms. The molecule has 0 aliphatic heterocycles. The minimum Gasteiger partial charge on any atom is -0.508 e. The number of halogens is 1. The average molecular weight is 345 g/mol. The Bertz CT molecular complexity index is 808. The van der Waals surface area contributed by atoms with Gasteiger partial charge >= 0.3 is 0 Å². The highest BCUT2D eigenvalue weighted by Crippen LogP contribution is 2.30. The van der Waals surface area contributed by atoms with Gasteiger partial charge in [0.25, 0.3) is 0 Å². The third-order valence-electron chi connectivity index (χ3n) is 3.61. The predicted molar refractivity (Wildman–Crippen MR) is 89.6 cm³/mol. The molecule has 3 rings (SSSR count). The fourth-order valence-corrected chi connectivity index (χ4v) is 3.01. The number of nitrogens with zero attached hydrogens (tertiary/aromatic N) is 2. The second-order valence-electron chi connectivity index (χ2n) is 5.22. The van der Waals surface area contributed by atoms with Gasteiger partial charge in [0.1, 0.15) is 11.6 Å². The summed E-state index contributed by atoms with van der Waals surface area (Å²) in [6.45, 7) is 5.09. The Morgan fingerprint density at radius 3 is 2.71 bits per heavy atom. The Morgan fingerprint density at radius 2 is 2.00 bits per heavy atom. The predicted octanol–water partition coefficient (Wildman–Crippen LogP) is 4.89. The molecule has 0 spiro atoms. The molecule has 0 amide bonds. The summed E-state index contributed by atoms with van der Waals surface area (Å²) in [6.07, 6.45) is 1.05. The minimum absolute atomic E-state index is 0.289. The van der Waals surface area contributed by atoms with E-state index < -0.39 is 0 Å². The number of aromatic nitrogens is 2. The molecule has 0 bridgehead atoms. The van der Waals surface area contributed by atoms with Crippen LogP contribution in [-0.4, -0.2) is 14.7 Å². The summed E-state index contributed by atoms with van der Waals surface area (Å²) < 4.78 is 3.28. The first kappa shape index (κ1) is 14.1. The Balaban J connectivity index is 2.27. The fourth-order valence-electron chi connectivity index (χ4n) is 2.66. The lowest BCUT2D eigenvalue weighted by Gasteiger charge is -2.10. The van der Waals surface area contributed by atoms with Gasteiger partial charge in [0.2, 0.25) is 0 Å². The van der Waals surface area contributed by atoms with Gasteiger partial charge in [-0.15, -0.1) is 0 Å². The van der Waals surface area contributed by atoms with Gasteiger partial charge in [-0.05, 0) is 55.3 Å². The molecule has 0 fully saturated rings. The summed E-state index contributed by atoms with van der Waals surface area (Å²) in [4.78, 5) is 4.80. The van der Waals surface area contributed by atoms with Crippen molar-refractivity contribution in [1.29, 1.82) is 0 Å². The topological polar surface area (TPSA) is 38.0 Å². The third-order valence-corrected chi connectivity index (χ3v) is 4.10. The van der Waals surface area contributed by atoms with Crippen molar-refractivity contribution in [1.82, 2.24) is 9.55 Å². The van der Waals surface area contributed by atoms with E-state index in [0.717, 1.165) is 45.4 Å². The first-order valence-corrected chi connectivity index (χ1v) is 7.85. The zero-order valence-electron chi connectivity index (χ0n) is 12.1. The number of phenols is 1. The van der Waals surface area contributed by atoms with Crippen molar-refractivity contribution >= 4 is 27.0 Å². The maximum absolute atomic E-state index is 9.60. The molecule has 1 aromatic heterocycles. The van der Waals surface area contributed by atoms with Crippen molar-refractivity contribution in [2.75, 3.05) is 0 Å². The number of aryl methyl sites for hydroxylation is 2. The average Bonchev–Trinajstić information content (AvgIpc) is 2.77. The molecule has 0 unspecified atom stereocenters. The smallest absolute Gasteiger partial charge is 0.141 e. The number of imidazole rings is 1. The van der Waals surface area contributed by atoms with Crippen molar-refractivity contribution in [3.63, 3.8) is 0 Å². The molecule has 0 saturated carbocycles. The zero-order valence-corrected chi connectivity index (χ0v) is 13.7. The molecule has 2 aromatic carbocycles. The van der Waals surface area contributed by atoms with Gasteiger partial charge in [0.05, 0.1) is 11.0 Å². The lowest BCUT2D eigenvalue weighted by atomic mass is 10.1. The van der Waals surface area contributed by atoms with E-state index in [1.165, 1.54) is 0 Å². The van der Waals surface area contributed by atoms with Crippen LogP contribution in [-0.2, 0) is 6.54 Å². The number of benzene rings is 2. The molecular weight excluding hydrogens is 328 g/mol. The molecule has 4 heteroatoms. The largest absolute Gasteiger partial charge is 0.508 e. The molecule has 1 N–H and O–H groups in total. The van der Waals surface area contributed by atoms with Crippen LogP contribution in [0.25, 0.3) is 22.4 Å². The van der Waals surface area contributed by atoms with Crippen LogP contribution in [0.4, 0.5) is 0 Å². The van der Waals surface area contributed by atoms with Crippen molar-refractivity contribution < 1.29 is 5.11 Å². The highest BCUT2D eigenvalue weighted by Gasteiger charge is 2.14. The lowest BCUT2D eigenvalue weighted by Crippen LogP contribution is -2.00. The van der Waals surface area contributed by atoms with E-state index >= 15 is 0 Å². The number of rotatable bonds is 3. The maximum Gasteiger partial charge on any atom is 0.141 e. The molecule has 0 aliphatic rings. The second-order valence-corrected chi connectivity index (χ2v) is 6.13. The summed E-state index contributed by atoms with van der Waals surface area (Å²) in [5.74, 6) is 1.25. The number of fused-ring (bicyclic) bond motifs is 1. The van der Waals surface area contributed by atoms with E-state index in [0.29, 0.717) is 0 Å². The molecule has 3 nitrogen and oxygen atoms in total. The molecule has 1 heterocycles. The summed E-state index contributed by atoms with van der Waals surface area (Å²) in [5.41, 5.74) is 4.22. The summed E-state index contributed by atoms with van der Waals surface area (Å²) in [5, 5.41) is 9.60. The van der Waals surface area contributed by atoms with Crippen LogP contribution >= 0.6 is 15.9 Å². The van der Waals surface area contributed by atoms with Crippen LogP contribution in [0.15, 0.2) is 40.9 Å². The van der Waals surface area contributed by atoms with Gasteiger partial charge in [-0.2, -0.15) is 0 Å². The lowest BCUT2D eigenvalue weighted by molar-refractivity contribution is 0.475. The van der Waals surface area contributed by atoms with Gasteiger partial charge in [0, 0.05) is 16.6 Å². The number of hydrogen-bond donors (Lipinski definition) is 1. The zero-order chi connectivity index (χ0) is 15.0. The van der Waals surface area contributed by atoms with Gasteiger partial charge in [-0.3, -0.25) is 0 Å². The van der Waals surface area contributed by atoms with Crippen molar-refractivity contribution in [2.24, 2.45) is 0 Å². The van der Waals surface area contributed by atoms with Crippen LogP contribution < -0.4 is 0 Å². The molecular formula is C17H17BrN2O. The first-order chi connectivity index (χ1) is 10.1. The number of aromatic hydroxyl groups is 1. The molecule has 0 saturated heterocycles. The Labute approximate surface area is 132 Å². The highest BCUT2D eigenvalue weighted by atomic mass is 79.9. The normalized spacial score (nSPS) is 11.2. The van der Waals surface area contributed by atoms with Crippen LogP contribution in [0.1, 0.15) is 18.9 Å². The van der Waals surface area contributed by atoms with Crippen molar-refractivity contribution in [3.8, 4) is 17.1 Å². The van der Waals surface area contributed by atoms with E-state index in [2.05, 4.69) is 33.5 Å². The number of phenolic OH excluding ortho intramolecular Hbond substituents is 1. The third kappa shape index (κ3) is 2.56. The fraction of sp³-hybridized carbons (Fsp3) is 0.235. The molecule has 0 aliphatic carbocycles. The Hall–Kier alpha value is -1.81. The molecule has 0 radical (unpaired) electrons. The van der Waals surface area contributed by atoms with E-state index in [9.17, 15) is 5.11 Å². The van der Waals surface area contributed by atoms with Gasteiger partial charge < -0.3 is 9.67 Å². The van der Waals surface area contributed by atoms with Crippen LogP contribution in [0, 0.1) is 6.92 Å². The second kappa shape index (κ2) is 5.53.